The number of aromatic nitrogens is 6. The molecule has 1 N–H and O–H groups in total. The SMILES string of the molecule is CN(C)c1nc(NC2CC2)nc(-n2cnc(SCc3ccccc3)n2)n1. The summed E-state index contributed by atoms with van der Waals surface area (Å²) in [7, 11) is 3.81. The van der Waals surface area contributed by atoms with Gasteiger partial charge in [0.25, 0.3) is 5.95 Å². The first kappa shape index (κ1) is 16.8. The third kappa shape index (κ3) is 4.10. The Hall–Kier alpha value is -2.68. The van der Waals surface area contributed by atoms with Crippen LogP contribution in [0.2, 0.25) is 0 Å². The molecule has 0 amide bonds. The summed E-state index contributed by atoms with van der Waals surface area (Å²) in [4.78, 5) is 19.6. The fourth-order valence-electron chi connectivity index (χ4n) is 2.26. The largest absolute Gasteiger partial charge is 0.351 e. The van der Waals surface area contributed by atoms with Gasteiger partial charge in [-0.2, -0.15) is 19.6 Å². The van der Waals surface area contributed by atoms with E-state index in [1.54, 1.807) is 22.8 Å². The Morgan fingerprint density at radius 2 is 1.96 bits per heavy atom. The van der Waals surface area contributed by atoms with Crippen molar-refractivity contribution in [2.75, 3.05) is 24.3 Å². The molecule has 8 nitrogen and oxygen atoms in total. The van der Waals surface area contributed by atoms with E-state index in [2.05, 4.69) is 42.5 Å². The number of benzene rings is 1. The number of hydrogen-bond donors (Lipinski definition) is 1. The Balaban J connectivity index is 1.53. The van der Waals surface area contributed by atoms with Gasteiger partial charge in [0.15, 0.2) is 0 Å². The van der Waals surface area contributed by atoms with Gasteiger partial charge in [0.2, 0.25) is 17.1 Å². The van der Waals surface area contributed by atoms with E-state index in [4.69, 9.17) is 0 Å². The van der Waals surface area contributed by atoms with Crippen molar-refractivity contribution in [3.8, 4) is 5.95 Å². The van der Waals surface area contributed by atoms with E-state index in [0.29, 0.717) is 29.0 Å². The average Bonchev–Trinajstić information content (AvgIpc) is 3.33. The molecule has 0 aliphatic heterocycles. The maximum atomic E-state index is 4.50. The fraction of sp³-hybridized carbons (Fsp3) is 0.353. The molecule has 1 saturated carbocycles. The molecule has 3 aromatic rings. The standard InChI is InChI=1S/C17H20N8S/c1-24(2)15-20-14(19-13-8-9-13)21-16(22-15)25-11-18-17(23-25)26-10-12-6-4-3-5-7-12/h3-7,11,13H,8-10H2,1-2H3,(H,19,20,21,22). The van der Waals surface area contributed by atoms with Crippen LogP contribution >= 0.6 is 11.8 Å². The van der Waals surface area contributed by atoms with Crippen molar-refractivity contribution in [2.45, 2.75) is 29.8 Å². The highest BCUT2D eigenvalue weighted by Gasteiger charge is 2.23. The third-order valence-corrected chi connectivity index (χ3v) is 4.73. The molecule has 0 bridgehead atoms. The van der Waals surface area contributed by atoms with Crippen molar-refractivity contribution >= 4 is 23.7 Å². The van der Waals surface area contributed by atoms with Crippen LogP contribution in [0.4, 0.5) is 11.9 Å². The van der Waals surface area contributed by atoms with Gasteiger partial charge < -0.3 is 10.2 Å². The highest BCUT2D eigenvalue weighted by molar-refractivity contribution is 7.98. The molecule has 134 valence electrons. The van der Waals surface area contributed by atoms with Gasteiger partial charge in [-0.25, -0.2) is 4.98 Å². The molecule has 4 rings (SSSR count). The first-order chi connectivity index (χ1) is 12.7. The van der Waals surface area contributed by atoms with E-state index in [0.717, 1.165) is 18.6 Å². The molecule has 0 saturated heterocycles. The zero-order chi connectivity index (χ0) is 17.9. The van der Waals surface area contributed by atoms with Gasteiger partial charge in [0.05, 0.1) is 0 Å². The van der Waals surface area contributed by atoms with Crippen LogP contribution < -0.4 is 10.2 Å². The topological polar surface area (TPSA) is 84.7 Å². The van der Waals surface area contributed by atoms with E-state index < -0.39 is 0 Å². The predicted octanol–water partition coefficient (Wildman–Crippen LogP) is 2.38. The average molecular weight is 368 g/mol. The summed E-state index contributed by atoms with van der Waals surface area (Å²) in [6.07, 6.45) is 3.95. The first-order valence-corrected chi connectivity index (χ1v) is 9.44. The summed E-state index contributed by atoms with van der Waals surface area (Å²) in [5, 5.41) is 8.51. The van der Waals surface area contributed by atoms with Crippen molar-refractivity contribution < 1.29 is 0 Å². The molecule has 2 heterocycles. The van der Waals surface area contributed by atoms with Gasteiger partial charge in [-0.1, -0.05) is 42.1 Å². The fourth-order valence-corrected chi connectivity index (χ4v) is 3.02. The minimum atomic E-state index is 0.464. The van der Waals surface area contributed by atoms with Gasteiger partial charge in [0.1, 0.15) is 6.33 Å². The lowest BCUT2D eigenvalue weighted by Crippen LogP contribution is -2.18. The Labute approximate surface area is 156 Å². The first-order valence-electron chi connectivity index (χ1n) is 8.46. The van der Waals surface area contributed by atoms with Crippen molar-refractivity contribution in [1.29, 1.82) is 0 Å². The van der Waals surface area contributed by atoms with E-state index in [9.17, 15) is 0 Å². The number of nitrogens with one attached hydrogen (secondary N) is 1. The van der Waals surface area contributed by atoms with Gasteiger partial charge in [0, 0.05) is 25.9 Å². The van der Waals surface area contributed by atoms with Crippen LogP contribution in [0.1, 0.15) is 18.4 Å². The molecular formula is C17H20N8S. The highest BCUT2D eigenvalue weighted by atomic mass is 32.2. The van der Waals surface area contributed by atoms with Crippen LogP contribution in [0.25, 0.3) is 5.95 Å². The number of rotatable bonds is 7. The van der Waals surface area contributed by atoms with Crippen molar-refractivity contribution in [1.82, 2.24) is 29.7 Å². The molecule has 1 aromatic carbocycles. The van der Waals surface area contributed by atoms with Gasteiger partial charge in [-0.3, -0.25) is 0 Å². The summed E-state index contributed by atoms with van der Waals surface area (Å²) >= 11 is 1.58. The zero-order valence-corrected chi connectivity index (χ0v) is 15.5. The minimum absolute atomic E-state index is 0.464. The number of anilines is 2. The van der Waals surface area contributed by atoms with Crippen LogP contribution in [-0.4, -0.2) is 49.9 Å². The molecule has 1 aliphatic carbocycles. The molecular weight excluding hydrogens is 348 g/mol. The summed E-state index contributed by atoms with van der Waals surface area (Å²) < 4.78 is 1.60. The molecule has 0 radical (unpaired) electrons. The zero-order valence-electron chi connectivity index (χ0n) is 14.7. The van der Waals surface area contributed by atoms with Crippen molar-refractivity contribution in [2.24, 2.45) is 0 Å². The monoisotopic (exact) mass is 368 g/mol. The van der Waals surface area contributed by atoms with Gasteiger partial charge in [-0.05, 0) is 18.4 Å². The normalized spacial score (nSPS) is 13.6. The van der Waals surface area contributed by atoms with Crippen molar-refractivity contribution in [3.05, 3.63) is 42.2 Å². The highest BCUT2D eigenvalue weighted by Crippen LogP contribution is 2.24. The molecule has 1 fully saturated rings. The Morgan fingerprint density at radius 3 is 2.69 bits per heavy atom. The van der Waals surface area contributed by atoms with Gasteiger partial charge >= 0.3 is 0 Å². The second-order valence-corrected chi connectivity index (χ2v) is 7.26. The molecule has 2 aromatic heterocycles. The summed E-state index contributed by atoms with van der Waals surface area (Å²) in [5.41, 5.74) is 1.24. The van der Waals surface area contributed by atoms with Crippen LogP contribution in [0.3, 0.4) is 0 Å². The van der Waals surface area contributed by atoms with Crippen LogP contribution in [-0.2, 0) is 5.75 Å². The van der Waals surface area contributed by atoms with Crippen molar-refractivity contribution in [3.63, 3.8) is 0 Å². The molecule has 0 unspecified atom stereocenters. The smallest absolute Gasteiger partial charge is 0.258 e. The second kappa shape index (κ2) is 7.28. The quantitative estimate of drug-likeness (QED) is 0.636. The maximum Gasteiger partial charge on any atom is 0.258 e. The third-order valence-electron chi connectivity index (χ3n) is 3.81. The van der Waals surface area contributed by atoms with Crippen LogP contribution in [0.15, 0.2) is 41.8 Å². The number of hydrogen-bond acceptors (Lipinski definition) is 8. The Bertz CT molecular complexity index is 875. The lowest BCUT2D eigenvalue weighted by atomic mass is 10.2. The molecule has 0 atom stereocenters. The lowest BCUT2D eigenvalue weighted by molar-refractivity contribution is 0.763. The number of nitrogens with zero attached hydrogens (tertiary/aromatic N) is 7. The van der Waals surface area contributed by atoms with Gasteiger partial charge in [-0.15, -0.1) is 5.10 Å². The number of thioether (sulfide) groups is 1. The molecule has 26 heavy (non-hydrogen) atoms. The lowest BCUT2D eigenvalue weighted by Gasteiger charge is -2.12. The maximum absolute atomic E-state index is 4.50. The molecule has 9 heteroatoms. The van der Waals surface area contributed by atoms with E-state index in [1.807, 2.05) is 37.2 Å². The van der Waals surface area contributed by atoms with E-state index in [-0.39, 0.29) is 0 Å². The Kier molecular flexibility index (Phi) is 4.70. The second-order valence-electron chi connectivity index (χ2n) is 6.32. The summed E-state index contributed by atoms with van der Waals surface area (Å²) in [6.45, 7) is 0. The Morgan fingerprint density at radius 1 is 1.15 bits per heavy atom. The predicted molar refractivity (Wildman–Crippen MR) is 102 cm³/mol. The van der Waals surface area contributed by atoms with Crippen LogP contribution in [0.5, 0.6) is 0 Å². The molecule has 0 spiro atoms. The minimum Gasteiger partial charge on any atom is -0.351 e. The summed E-state index contributed by atoms with van der Waals surface area (Å²) in [6, 6.07) is 10.7. The molecule has 1 aliphatic rings. The van der Waals surface area contributed by atoms with E-state index >= 15 is 0 Å². The summed E-state index contributed by atoms with van der Waals surface area (Å²) in [5.74, 6) is 2.45. The van der Waals surface area contributed by atoms with Crippen LogP contribution in [0, 0.1) is 0 Å². The van der Waals surface area contributed by atoms with E-state index in [1.165, 1.54) is 5.56 Å².